The van der Waals surface area contributed by atoms with Crippen molar-refractivity contribution in [2.75, 3.05) is 0 Å². The highest BCUT2D eigenvalue weighted by atomic mass is 16.4. The number of carboxylic acid groups (broad SMARTS) is 1. The average molecular weight is 238 g/mol. The first-order chi connectivity index (χ1) is 8.02. The fourth-order valence-electron chi connectivity index (χ4n) is 2.48. The van der Waals surface area contributed by atoms with Crippen LogP contribution in [-0.2, 0) is 18.3 Å². The lowest BCUT2D eigenvalue weighted by molar-refractivity contribution is -0.151. The van der Waals surface area contributed by atoms with E-state index in [1.165, 1.54) is 4.80 Å². The van der Waals surface area contributed by atoms with Crippen LogP contribution in [0.3, 0.4) is 0 Å². The summed E-state index contributed by atoms with van der Waals surface area (Å²) in [6.07, 6.45) is 3.74. The first-order valence-corrected chi connectivity index (χ1v) is 5.98. The van der Waals surface area contributed by atoms with Gasteiger partial charge in [0.1, 0.15) is 0 Å². The standard InChI is InChI=1S/C11H18N4O2/c1-8-3-5-11(6-4-8,10(16)17)7-9-12-14-15(2)13-9/h8H,3-7H2,1-2H3,(H,16,17). The van der Waals surface area contributed by atoms with Crippen molar-refractivity contribution in [3.05, 3.63) is 5.82 Å². The van der Waals surface area contributed by atoms with Crippen LogP contribution in [-0.4, -0.2) is 31.3 Å². The molecule has 1 fully saturated rings. The summed E-state index contributed by atoms with van der Waals surface area (Å²) in [6.45, 7) is 2.17. The molecule has 0 amide bonds. The average Bonchev–Trinajstić information content (AvgIpc) is 2.67. The molecule has 1 aromatic heterocycles. The summed E-state index contributed by atoms with van der Waals surface area (Å²) >= 11 is 0. The van der Waals surface area contributed by atoms with E-state index in [-0.39, 0.29) is 0 Å². The lowest BCUT2D eigenvalue weighted by Gasteiger charge is -2.34. The number of carbonyl (C=O) groups is 1. The van der Waals surface area contributed by atoms with Crippen molar-refractivity contribution in [2.45, 2.75) is 39.0 Å². The molecular weight excluding hydrogens is 220 g/mol. The quantitative estimate of drug-likeness (QED) is 0.850. The molecule has 1 heterocycles. The zero-order chi connectivity index (χ0) is 12.5. The molecule has 0 aromatic carbocycles. The highest BCUT2D eigenvalue weighted by Crippen LogP contribution is 2.41. The van der Waals surface area contributed by atoms with Crippen molar-refractivity contribution in [1.82, 2.24) is 20.2 Å². The normalized spacial score (nSPS) is 29.2. The number of nitrogens with zero attached hydrogens (tertiary/aromatic N) is 4. The molecule has 0 radical (unpaired) electrons. The van der Waals surface area contributed by atoms with Gasteiger partial charge in [-0.25, -0.2) is 0 Å². The Morgan fingerprint density at radius 3 is 2.65 bits per heavy atom. The number of rotatable bonds is 3. The van der Waals surface area contributed by atoms with Gasteiger partial charge in [-0.15, -0.1) is 10.2 Å². The van der Waals surface area contributed by atoms with Crippen LogP contribution in [0.2, 0.25) is 0 Å². The zero-order valence-electron chi connectivity index (χ0n) is 10.3. The smallest absolute Gasteiger partial charge is 0.310 e. The second-order valence-electron chi connectivity index (χ2n) is 5.14. The number of tetrazole rings is 1. The molecule has 0 unspecified atom stereocenters. The van der Waals surface area contributed by atoms with E-state index in [0.717, 1.165) is 12.8 Å². The van der Waals surface area contributed by atoms with Gasteiger partial charge >= 0.3 is 5.97 Å². The summed E-state index contributed by atoms with van der Waals surface area (Å²) in [7, 11) is 1.69. The number of aryl methyl sites for hydroxylation is 1. The first kappa shape index (κ1) is 12.0. The molecule has 1 aliphatic rings. The highest BCUT2D eigenvalue weighted by molar-refractivity contribution is 5.75. The van der Waals surface area contributed by atoms with Gasteiger partial charge in [0.2, 0.25) is 0 Å². The molecule has 1 saturated carbocycles. The third-order valence-corrected chi connectivity index (χ3v) is 3.73. The molecule has 0 bridgehead atoms. The van der Waals surface area contributed by atoms with Crippen LogP contribution in [0.15, 0.2) is 0 Å². The fourth-order valence-corrected chi connectivity index (χ4v) is 2.48. The van der Waals surface area contributed by atoms with Crippen LogP contribution in [0.1, 0.15) is 38.4 Å². The van der Waals surface area contributed by atoms with E-state index in [1.807, 2.05) is 0 Å². The van der Waals surface area contributed by atoms with Crippen LogP contribution in [0.4, 0.5) is 0 Å². The summed E-state index contributed by atoms with van der Waals surface area (Å²) in [5.74, 6) is 0.429. The largest absolute Gasteiger partial charge is 0.481 e. The summed E-state index contributed by atoms with van der Waals surface area (Å²) in [6, 6.07) is 0. The predicted octanol–water partition coefficient (Wildman–Crippen LogP) is 1.03. The minimum atomic E-state index is -0.725. The van der Waals surface area contributed by atoms with Gasteiger partial charge in [-0.2, -0.15) is 4.80 Å². The third-order valence-electron chi connectivity index (χ3n) is 3.73. The van der Waals surface area contributed by atoms with E-state index in [9.17, 15) is 9.90 Å². The summed E-state index contributed by atoms with van der Waals surface area (Å²) in [5, 5.41) is 21.2. The monoisotopic (exact) mass is 238 g/mol. The maximum atomic E-state index is 11.5. The number of hydrogen-bond acceptors (Lipinski definition) is 4. The molecule has 0 aliphatic heterocycles. The number of aromatic nitrogens is 4. The molecule has 1 aromatic rings. The van der Waals surface area contributed by atoms with Gasteiger partial charge in [-0.3, -0.25) is 4.79 Å². The lowest BCUT2D eigenvalue weighted by Crippen LogP contribution is -2.37. The molecule has 17 heavy (non-hydrogen) atoms. The molecule has 6 heteroatoms. The molecule has 94 valence electrons. The maximum Gasteiger partial charge on any atom is 0.310 e. The molecule has 1 aliphatic carbocycles. The van der Waals surface area contributed by atoms with Gasteiger partial charge in [-0.05, 0) is 36.8 Å². The highest BCUT2D eigenvalue weighted by Gasteiger charge is 2.42. The fraction of sp³-hybridized carbons (Fsp3) is 0.818. The SMILES string of the molecule is CC1CCC(Cc2nnn(C)n2)(C(=O)O)CC1. The van der Waals surface area contributed by atoms with Gasteiger partial charge in [-0.1, -0.05) is 6.92 Å². The first-order valence-electron chi connectivity index (χ1n) is 5.98. The van der Waals surface area contributed by atoms with E-state index in [2.05, 4.69) is 22.3 Å². The Hall–Kier alpha value is -1.46. The van der Waals surface area contributed by atoms with Gasteiger partial charge in [0.05, 0.1) is 12.5 Å². The molecular formula is C11H18N4O2. The van der Waals surface area contributed by atoms with Crippen LogP contribution >= 0.6 is 0 Å². The van der Waals surface area contributed by atoms with Crippen molar-refractivity contribution in [1.29, 1.82) is 0 Å². The number of carboxylic acids is 1. The Balaban J connectivity index is 2.15. The Bertz CT molecular complexity index is 407. The summed E-state index contributed by atoms with van der Waals surface area (Å²) in [4.78, 5) is 12.9. The summed E-state index contributed by atoms with van der Waals surface area (Å²) < 4.78 is 0. The number of hydrogen-bond donors (Lipinski definition) is 1. The third kappa shape index (κ3) is 2.45. The van der Waals surface area contributed by atoms with E-state index in [0.29, 0.717) is 31.0 Å². The Labute approximate surface area is 100 Å². The van der Waals surface area contributed by atoms with Crippen LogP contribution in [0, 0.1) is 11.3 Å². The molecule has 6 nitrogen and oxygen atoms in total. The Morgan fingerprint density at radius 2 is 2.18 bits per heavy atom. The van der Waals surface area contributed by atoms with Crippen LogP contribution in [0.25, 0.3) is 0 Å². The zero-order valence-corrected chi connectivity index (χ0v) is 10.3. The van der Waals surface area contributed by atoms with Crippen molar-refractivity contribution in [3.8, 4) is 0 Å². The van der Waals surface area contributed by atoms with Crippen molar-refractivity contribution in [3.63, 3.8) is 0 Å². The van der Waals surface area contributed by atoms with Gasteiger partial charge in [0.15, 0.2) is 5.82 Å². The van der Waals surface area contributed by atoms with Crippen molar-refractivity contribution < 1.29 is 9.90 Å². The van der Waals surface area contributed by atoms with Gasteiger partial charge in [0.25, 0.3) is 0 Å². The van der Waals surface area contributed by atoms with E-state index >= 15 is 0 Å². The van der Waals surface area contributed by atoms with E-state index < -0.39 is 11.4 Å². The second-order valence-corrected chi connectivity index (χ2v) is 5.14. The van der Waals surface area contributed by atoms with Gasteiger partial charge in [0, 0.05) is 6.42 Å². The predicted molar refractivity (Wildman–Crippen MR) is 60.2 cm³/mol. The molecule has 0 atom stereocenters. The van der Waals surface area contributed by atoms with E-state index in [1.54, 1.807) is 7.05 Å². The topological polar surface area (TPSA) is 80.9 Å². The molecule has 0 saturated heterocycles. The van der Waals surface area contributed by atoms with Crippen molar-refractivity contribution >= 4 is 5.97 Å². The maximum absolute atomic E-state index is 11.5. The second kappa shape index (κ2) is 4.43. The lowest BCUT2D eigenvalue weighted by atomic mass is 9.69. The molecule has 1 N–H and O–H groups in total. The minimum Gasteiger partial charge on any atom is -0.481 e. The van der Waals surface area contributed by atoms with Crippen LogP contribution < -0.4 is 0 Å². The molecule has 2 rings (SSSR count). The van der Waals surface area contributed by atoms with Crippen molar-refractivity contribution in [2.24, 2.45) is 18.4 Å². The van der Waals surface area contributed by atoms with E-state index in [4.69, 9.17) is 0 Å². The minimum absolute atomic E-state index is 0.392. The summed E-state index contributed by atoms with van der Waals surface area (Å²) in [5.41, 5.74) is -0.685. The Morgan fingerprint density at radius 1 is 1.53 bits per heavy atom. The number of aliphatic carboxylic acids is 1. The van der Waals surface area contributed by atoms with Crippen LogP contribution in [0.5, 0.6) is 0 Å². The van der Waals surface area contributed by atoms with Gasteiger partial charge < -0.3 is 5.11 Å². The Kier molecular flexibility index (Phi) is 3.13. The molecule has 0 spiro atoms.